The van der Waals surface area contributed by atoms with E-state index in [0.29, 0.717) is 9.59 Å². The van der Waals surface area contributed by atoms with Crippen molar-refractivity contribution in [1.29, 1.82) is 0 Å². The average molecular weight is 614 g/mol. The summed E-state index contributed by atoms with van der Waals surface area (Å²) in [4.78, 5) is 34.5. The van der Waals surface area contributed by atoms with Crippen LogP contribution < -0.4 is 16.7 Å². The smallest absolute Gasteiger partial charge is 0.382 e. The van der Waals surface area contributed by atoms with Crippen LogP contribution in [0, 0.1) is 0 Å². The first-order valence-electron chi connectivity index (χ1n) is 12.0. The number of alkyl halides is 3. The Morgan fingerprint density at radius 1 is 1.15 bits per heavy atom. The van der Waals surface area contributed by atoms with Gasteiger partial charge in [0.05, 0.1) is 17.8 Å². The van der Waals surface area contributed by atoms with Gasteiger partial charge in [0.25, 0.3) is 5.91 Å². The van der Waals surface area contributed by atoms with Crippen LogP contribution in [0.4, 0.5) is 13.2 Å². The molecule has 3 aromatic heterocycles. The maximum Gasteiger partial charge on any atom is 0.416 e. The number of aliphatic hydroxyl groups is 1. The minimum Gasteiger partial charge on any atom is -0.382 e. The van der Waals surface area contributed by atoms with Crippen molar-refractivity contribution >= 4 is 29.1 Å². The molecule has 0 spiro atoms. The zero-order valence-corrected chi connectivity index (χ0v) is 23.1. The second kappa shape index (κ2) is 11.6. The lowest BCUT2D eigenvalue weighted by molar-refractivity contribution is -0.207. The normalized spacial score (nSPS) is 12.9. The number of carbonyl (C=O) groups excluding carboxylic acids is 1. The molecular weight excluding hydrogens is 590 g/mol. The number of benzene rings is 1. The maximum atomic E-state index is 13.2. The van der Waals surface area contributed by atoms with Crippen LogP contribution in [-0.4, -0.2) is 69.5 Å². The summed E-state index contributed by atoms with van der Waals surface area (Å²) < 4.78 is 42.1. The minimum atomic E-state index is -4.98. The molecule has 0 saturated carbocycles. The van der Waals surface area contributed by atoms with Crippen molar-refractivity contribution in [2.24, 2.45) is 5.73 Å². The molecule has 4 rings (SSSR count). The quantitative estimate of drug-likeness (QED) is 0.259. The molecule has 0 aliphatic heterocycles. The molecule has 1 amide bonds. The molecule has 0 aliphatic carbocycles. The first-order valence-corrected chi connectivity index (χ1v) is 12.7. The molecule has 17 heteroatoms. The van der Waals surface area contributed by atoms with Gasteiger partial charge in [0.1, 0.15) is 12.2 Å². The van der Waals surface area contributed by atoms with Crippen LogP contribution in [0.3, 0.4) is 0 Å². The van der Waals surface area contributed by atoms with Crippen LogP contribution >= 0.6 is 23.2 Å². The predicted molar refractivity (Wildman–Crippen MR) is 143 cm³/mol. The minimum absolute atomic E-state index is 0.0879. The van der Waals surface area contributed by atoms with Gasteiger partial charge in [-0.2, -0.15) is 13.2 Å². The number of nitrogens with two attached hydrogens (primary N) is 1. The number of hydrogen-bond donors (Lipinski definition) is 3. The van der Waals surface area contributed by atoms with Gasteiger partial charge in [-0.05, 0) is 44.2 Å². The lowest BCUT2D eigenvalue weighted by Crippen LogP contribution is -2.45. The second-order valence-electron chi connectivity index (χ2n) is 9.70. The summed E-state index contributed by atoms with van der Waals surface area (Å²) >= 11 is 12.2. The van der Waals surface area contributed by atoms with Gasteiger partial charge in [-0.3, -0.25) is 14.3 Å². The molecule has 0 radical (unpaired) electrons. The van der Waals surface area contributed by atoms with E-state index in [9.17, 15) is 27.9 Å². The molecule has 12 nitrogen and oxygen atoms in total. The molecule has 218 valence electrons. The summed E-state index contributed by atoms with van der Waals surface area (Å²) in [5.41, 5.74) is 4.71. The van der Waals surface area contributed by atoms with E-state index in [2.05, 4.69) is 25.5 Å². The molecule has 0 aliphatic rings. The van der Waals surface area contributed by atoms with E-state index in [0.717, 1.165) is 9.36 Å². The van der Waals surface area contributed by atoms with Crippen LogP contribution in [0.15, 0.2) is 47.5 Å². The molecule has 4 aromatic rings. The topological polar surface area (TPSA) is 159 Å². The lowest BCUT2D eigenvalue weighted by atomic mass is 10.1. The van der Waals surface area contributed by atoms with Crippen molar-refractivity contribution in [3.8, 4) is 17.1 Å². The summed E-state index contributed by atoms with van der Waals surface area (Å²) in [5.74, 6) is -1.12. The number of pyridine rings is 1. The fourth-order valence-electron chi connectivity index (χ4n) is 3.58. The Kier molecular flexibility index (Phi) is 8.54. The summed E-state index contributed by atoms with van der Waals surface area (Å²) in [7, 11) is 0. The van der Waals surface area contributed by atoms with Gasteiger partial charge >= 0.3 is 11.9 Å². The fraction of sp³-hybridized carbons (Fsp3) is 0.333. The van der Waals surface area contributed by atoms with Gasteiger partial charge in [0.15, 0.2) is 17.8 Å². The molecule has 41 heavy (non-hydrogen) atoms. The van der Waals surface area contributed by atoms with Crippen LogP contribution in [-0.2, 0) is 13.1 Å². The summed E-state index contributed by atoms with van der Waals surface area (Å²) in [6.45, 7) is 1.94. The molecule has 0 fully saturated rings. The largest absolute Gasteiger partial charge is 0.416 e. The highest BCUT2D eigenvalue weighted by atomic mass is 35.5. The van der Waals surface area contributed by atoms with Crippen LogP contribution in [0.25, 0.3) is 17.1 Å². The van der Waals surface area contributed by atoms with Crippen molar-refractivity contribution in [1.82, 2.24) is 39.4 Å². The highest BCUT2D eigenvalue weighted by molar-refractivity contribution is 6.32. The number of aliphatic hydroxyl groups excluding tert-OH is 1. The number of carbonyl (C=O) groups is 1. The third kappa shape index (κ3) is 7.11. The van der Waals surface area contributed by atoms with E-state index in [1.54, 1.807) is 13.8 Å². The third-order valence-electron chi connectivity index (χ3n) is 5.59. The number of nitrogens with one attached hydrogen (secondary N) is 1. The number of nitrogens with zero attached hydrogens (tertiary/aromatic N) is 7. The van der Waals surface area contributed by atoms with Gasteiger partial charge in [-0.15, -0.1) is 10.2 Å². The van der Waals surface area contributed by atoms with Crippen LogP contribution in [0.1, 0.15) is 30.3 Å². The van der Waals surface area contributed by atoms with E-state index < -0.39 is 42.5 Å². The van der Waals surface area contributed by atoms with Crippen LogP contribution in [0.5, 0.6) is 0 Å². The summed E-state index contributed by atoms with van der Waals surface area (Å²) in [6.07, 6.45) is -5.04. The van der Waals surface area contributed by atoms with E-state index in [1.165, 1.54) is 42.7 Å². The van der Waals surface area contributed by atoms with Gasteiger partial charge in [-0.1, -0.05) is 23.2 Å². The fourth-order valence-corrected chi connectivity index (χ4v) is 3.89. The zero-order chi connectivity index (χ0) is 30.1. The molecule has 1 atom stereocenters. The maximum absolute atomic E-state index is 13.2. The van der Waals surface area contributed by atoms with Crippen molar-refractivity contribution in [3.63, 3.8) is 0 Å². The monoisotopic (exact) mass is 613 g/mol. The molecule has 0 saturated heterocycles. The lowest BCUT2D eigenvalue weighted by Gasteiger charge is -2.18. The Morgan fingerprint density at radius 3 is 2.44 bits per heavy atom. The van der Waals surface area contributed by atoms with Gasteiger partial charge < -0.3 is 16.2 Å². The molecular formula is C24H24Cl2F3N9O3. The molecule has 3 heterocycles. The highest BCUT2D eigenvalue weighted by Crippen LogP contribution is 2.24. The molecule has 0 bridgehead atoms. The van der Waals surface area contributed by atoms with Crippen molar-refractivity contribution in [3.05, 3.63) is 74.9 Å². The van der Waals surface area contributed by atoms with Gasteiger partial charge in [0, 0.05) is 28.9 Å². The Labute approximate surface area is 240 Å². The highest BCUT2D eigenvalue weighted by Gasteiger charge is 2.39. The molecule has 0 unspecified atom stereocenters. The third-order valence-corrected chi connectivity index (χ3v) is 6.16. The Balaban J connectivity index is 1.77. The number of halogens is 5. The van der Waals surface area contributed by atoms with Crippen molar-refractivity contribution < 1.29 is 23.1 Å². The molecule has 1 aromatic carbocycles. The predicted octanol–water partition coefficient (Wildman–Crippen LogP) is 2.43. The van der Waals surface area contributed by atoms with E-state index in [-0.39, 0.29) is 40.3 Å². The summed E-state index contributed by atoms with van der Waals surface area (Å²) in [6, 6.07) is 7.34. The van der Waals surface area contributed by atoms with Gasteiger partial charge in [0.2, 0.25) is 5.82 Å². The van der Waals surface area contributed by atoms with E-state index >= 15 is 0 Å². The zero-order valence-electron chi connectivity index (χ0n) is 21.6. The SMILES string of the molecule is CC(C)(N)CNC(=O)c1nc(Cn2nc(-c3ccc(Cl)cc3)n(C[C@H](O)C(F)(F)F)c2=O)nn1-c1cnccc1Cl. The Bertz CT molecular complexity index is 1610. The Morgan fingerprint density at radius 2 is 1.83 bits per heavy atom. The number of hydrogen-bond acceptors (Lipinski definition) is 8. The standard InChI is InChI=1S/C24H24Cl2F3N9O3/c1-23(2,30)12-32-21(40)20-33-18(34-38(20)16-9-31-8-7-15(16)26)11-37-22(41)36(10-17(39)24(27,28)29)19(35-37)13-3-5-14(25)6-4-13/h3-9,17,39H,10-12,30H2,1-2H3,(H,32,40)/t17-/m0/s1. The number of rotatable bonds is 9. The van der Waals surface area contributed by atoms with Crippen LogP contribution in [0.2, 0.25) is 10.0 Å². The van der Waals surface area contributed by atoms with Crippen molar-refractivity contribution in [2.45, 2.75) is 44.8 Å². The first kappa shape index (κ1) is 30.2. The van der Waals surface area contributed by atoms with Gasteiger partial charge in [-0.25, -0.2) is 19.1 Å². The number of aromatic nitrogens is 7. The number of amides is 1. The molecule has 4 N–H and O–H groups in total. The Hall–Kier alpha value is -3.79. The van der Waals surface area contributed by atoms with E-state index in [1.807, 2.05) is 0 Å². The average Bonchev–Trinajstić information content (AvgIpc) is 3.44. The second-order valence-corrected chi connectivity index (χ2v) is 10.5. The summed E-state index contributed by atoms with van der Waals surface area (Å²) in [5, 5.41) is 21.4. The van der Waals surface area contributed by atoms with Crippen molar-refractivity contribution in [2.75, 3.05) is 6.54 Å². The first-order chi connectivity index (χ1) is 19.1. The van der Waals surface area contributed by atoms with E-state index in [4.69, 9.17) is 28.9 Å².